The van der Waals surface area contributed by atoms with Gasteiger partial charge in [0.05, 0.1) is 11.8 Å². The largest absolute Gasteiger partial charge is 0.489 e. The normalized spacial score (nSPS) is 14.1. The van der Waals surface area contributed by atoms with Crippen LogP contribution in [0.15, 0.2) is 72.9 Å². The van der Waals surface area contributed by atoms with Gasteiger partial charge in [0, 0.05) is 38.9 Å². The second-order valence-electron chi connectivity index (χ2n) is 8.84. The van der Waals surface area contributed by atoms with Gasteiger partial charge in [0.25, 0.3) is 5.91 Å². The van der Waals surface area contributed by atoms with Gasteiger partial charge in [-0.05, 0) is 63.2 Å². The summed E-state index contributed by atoms with van der Waals surface area (Å²) in [7, 11) is 0. The summed E-state index contributed by atoms with van der Waals surface area (Å²) >= 11 is 0. The summed E-state index contributed by atoms with van der Waals surface area (Å²) in [6.07, 6.45) is 2.66. The Bertz CT molecular complexity index is 1080. The Balaban J connectivity index is 1.22. The fourth-order valence-electron chi connectivity index (χ4n) is 4.13. The van der Waals surface area contributed by atoms with Gasteiger partial charge in [0.15, 0.2) is 0 Å². The van der Waals surface area contributed by atoms with Crippen molar-refractivity contribution in [1.82, 2.24) is 15.2 Å². The number of nitrogens with zero attached hydrogens (tertiary/aromatic N) is 3. The first-order valence-electron chi connectivity index (χ1n) is 12.3. The standard InChI is InChI=1S/C28H34N4O3/c1-22(2)34-26-14-7-6-13-25(26)32-20-18-31(19-21-32)17-9-16-29-27(33)24-12-8-15-30-28(24)35-23-10-4-3-5-11-23/h3-8,10-15,22H,9,16-21H2,1-2H3,(H,29,33). The minimum Gasteiger partial charge on any atom is -0.489 e. The number of benzene rings is 2. The van der Waals surface area contributed by atoms with Crippen molar-refractivity contribution in [1.29, 1.82) is 0 Å². The van der Waals surface area contributed by atoms with Gasteiger partial charge in [0.1, 0.15) is 17.1 Å². The predicted octanol–water partition coefficient (Wildman–Crippen LogP) is 4.60. The Morgan fingerprint density at radius 3 is 2.49 bits per heavy atom. The molecule has 0 spiro atoms. The minimum absolute atomic E-state index is 0.153. The molecule has 2 heterocycles. The Morgan fingerprint density at radius 2 is 1.71 bits per heavy atom. The van der Waals surface area contributed by atoms with E-state index in [1.54, 1.807) is 18.3 Å². The first kappa shape index (κ1) is 24.5. The molecule has 1 N–H and O–H groups in total. The summed E-state index contributed by atoms with van der Waals surface area (Å²) in [5.41, 5.74) is 1.60. The number of hydrogen-bond donors (Lipinski definition) is 1. The number of hydrogen-bond acceptors (Lipinski definition) is 6. The molecule has 0 saturated carbocycles. The number of carbonyl (C=O) groups is 1. The second kappa shape index (κ2) is 12.2. The van der Waals surface area contributed by atoms with Crippen LogP contribution in [0.1, 0.15) is 30.6 Å². The maximum absolute atomic E-state index is 12.8. The van der Waals surface area contributed by atoms with Gasteiger partial charge in [-0.15, -0.1) is 0 Å². The third-order valence-electron chi connectivity index (χ3n) is 5.85. The number of para-hydroxylation sites is 3. The van der Waals surface area contributed by atoms with Crippen molar-refractivity contribution in [2.75, 3.05) is 44.2 Å². The molecule has 1 aliphatic rings. The molecule has 1 aliphatic heterocycles. The van der Waals surface area contributed by atoms with Crippen LogP contribution >= 0.6 is 0 Å². The van der Waals surface area contributed by atoms with Gasteiger partial charge >= 0.3 is 0 Å². The zero-order valence-corrected chi connectivity index (χ0v) is 20.5. The van der Waals surface area contributed by atoms with E-state index in [-0.39, 0.29) is 12.0 Å². The molecule has 7 heteroatoms. The Morgan fingerprint density at radius 1 is 0.971 bits per heavy atom. The van der Waals surface area contributed by atoms with Crippen LogP contribution < -0.4 is 19.7 Å². The number of rotatable bonds is 10. The highest BCUT2D eigenvalue weighted by Crippen LogP contribution is 2.29. The lowest BCUT2D eigenvalue weighted by atomic mass is 10.2. The molecule has 35 heavy (non-hydrogen) atoms. The van der Waals surface area contributed by atoms with E-state index in [1.807, 2.05) is 42.5 Å². The number of ether oxygens (including phenoxy) is 2. The number of pyridine rings is 1. The molecule has 0 bridgehead atoms. The monoisotopic (exact) mass is 474 g/mol. The molecule has 7 nitrogen and oxygen atoms in total. The van der Waals surface area contributed by atoms with Gasteiger partial charge < -0.3 is 19.7 Å². The van der Waals surface area contributed by atoms with Crippen molar-refractivity contribution in [3.05, 3.63) is 78.5 Å². The third-order valence-corrected chi connectivity index (χ3v) is 5.85. The highest BCUT2D eigenvalue weighted by Gasteiger charge is 2.20. The van der Waals surface area contributed by atoms with Crippen LogP contribution in [-0.2, 0) is 0 Å². The summed E-state index contributed by atoms with van der Waals surface area (Å²) in [5.74, 6) is 1.74. The first-order valence-corrected chi connectivity index (χ1v) is 12.3. The van der Waals surface area contributed by atoms with Crippen molar-refractivity contribution in [2.45, 2.75) is 26.4 Å². The van der Waals surface area contributed by atoms with Crippen molar-refractivity contribution < 1.29 is 14.3 Å². The fourth-order valence-corrected chi connectivity index (χ4v) is 4.13. The van der Waals surface area contributed by atoms with E-state index in [0.29, 0.717) is 23.7 Å². The van der Waals surface area contributed by atoms with Crippen molar-refractivity contribution in [2.24, 2.45) is 0 Å². The molecule has 1 amide bonds. The van der Waals surface area contributed by atoms with E-state index in [1.165, 1.54) is 0 Å². The van der Waals surface area contributed by atoms with Gasteiger partial charge in [-0.3, -0.25) is 9.69 Å². The van der Waals surface area contributed by atoms with E-state index >= 15 is 0 Å². The quantitative estimate of drug-likeness (QED) is 0.433. The number of anilines is 1. The fraction of sp³-hybridized carbons (Fsp3) is 0.357. The summed E-state index contributed by atoms with van der Waals surface area (Å²) < 4.78 is 11.8. The molecule has 0 radical (unpaired) electrons. The van der Waals surface area contributed by atoms with Crippen LogP contribution in [0, 0.1) is 0 Å². The Kier molecular flexibility index (Phi) is 8.57. The zero-order chi connectivity index (χ0) is 24.5. The highest BCUT2D eigenvalue weighted by atomic mass is 16.5. The first-order chi connectivity index (χ1) is 17.1. The van der Waals surface area contributed by atoms with Gasteiger partial charge in [0.2, 0.25) is 5.88 Å². The van der Waals surface area contributed by atoms with Crippen molar-refractivity contribution in [3.8, 4) is 17.4 Å². The van der Waals surface area contributed by atoms with Gasteiger partial charge in [-0.25, -0.2) is 4.98 Å². The van der Waals surface area contributed by atoms with Crippen LogP contribution in [0.4, 0.5) is 5.69 Å². The Hall–Kier alpha value is -3.58. The van der Waals surface area contributed by atoms with E-state index < -0.39 is 0 Å². The summed E-state index contributed by atoms with van der Waals surface area (Å²) in [6.45, 7) is 9.55. The van der Waals surface area contributed by atoms with Crippen LogP contribution in [0.3, 0.4) is 0 Å². The maximum Gasteiger partial charge on any atom is 0.256 e. The Labute approximate surface area is 207 Å². The topological polar surface area (TPSA) is 66.9 Å². The van der Waals surface area contributed by atoms with E-state index in [0.717, 1.165) is 50.6 Å². The predicted molar refractivity (Wildman–Crippen MR) is 139 cm³/mol. The number of amides is 1. The van der Waals surface area contributed by atoms with E-state index in [2.05, 4.69) is 46.1 Å². The lowest BCUT2D eigenvalue weighted by Crippen LogP contribution is -2.47. The van der Waals surface area contributed by atoms with Crippen molar-refractivity contribution in [3.63, 3.8) is 0 Å². The van der Waals surface area contributed by atoms with Gasteiger partial charge in [-0.1, -0.05) is 30.3 Å². The molecule has 0 atom stereocenters. The summed E-state index contributed by atoms with van der Waals surface area (Å²) in [5, 5.41) is 3.01. The zero-order valence-electron chi connectivity index (χ0n) is 20.5. The molecule has 4 rings (SSSR count). The molecule has 0 unspecified atom stereocenters. The molecule has 1 aromatic heterocycles. The smallest absolute Gasteiger partial charge is 0.256 e. The van der Waals surface area contributed by atoms with Crippen LogP contribution in [0.2, 0.25) is 0 Å². The van der Waals surface area contributed by atoms with Crippen molar-refractivity contribution >= 4 is 11.6 Å². The molecule has 0 aliphatic carbocycles. The molecule has 3 aromatic rings. The molecular weight excluding hydrogens is 440 g/mol. The molecule has 1 saturated heterocycles. The second-order valence-corrected chi connectivity index (χ2v) is 8.84. The molecular formula is C28H34N4O3. The van der Waals surface area contributed by atoms with E-state index in [9.17, 15) is 4.79 Å². The lowest BCUT2D eigenvalue weighted by Gasteiger charge is -2.37. The summed E-state index contributed by atoms with van der Waals surface area (Å²) in [4.78, 5) is 21.8. The highest BCUT2D eigenvalue weighted by molar-refractivity contribution is 5.96. The van der Waals surface area contributed by atoms with Crippen LogP contribution in [0.5, 0.6) is 17.4 Å². The van der Waals surface area contributed by atoms with E-state index in [4.69, 9.17) is 9.47 Å². The average molecular weight is 475 g/mol. The number of nitrogens with one attached hydrogen (secondary N) is 1. The molecule has 2 aromatic carbocycles. The number of aromatic nitrogens is 1. The van der Waals surface area contributed by atoms with Crippen LogP contribution in [-0.4, -0.2) is 61.2 Å². The number of carbonyl (C=O) groups excluding carboxylic acids is 1. The number of piperazine rings is 1. The molecule has 1 fully saturated rings. The SMILES string of the molecule is CC(C)Oc1ccccc1N1CCN(CCCNC(=O)c2cccnc2Oc2ccccc2)CC1. The third kappa shape index (κ3) is 6.96. The maximum atomic E-state index is 12.8. The minimum atomic E-state index is -0.171. The summed E-state index contributed by atoms with van der Waals surface area (Å²) in [6, 6.07) is 21.1. The van der Waals surface area contributed by atoms with Gasteiger partial charge in [-0.2, -0.15) is 0 Å². The van der Waals surface area contributed by atoms with Crippen LogP contribution in [0.25, 0.3) is 0 Å². The average Bonchev–Trinajstić information content (AvgIpc) is 2.88. The lowest BCUT2D eigenvalue weighted by molar-refractivity contribution is 0.0948. The molecule has 184 valence electrons.